The number of nitrogens with one attached hydrogen (secondary N) is 5. The number of fused-ring (bicyclic) bond motifs is 3. The van der Waals surface area contributed by atoms with Gasteiger partial charge in [0, 0.05) is 55.0 Å². The summed E-state index contributed by atoms with van der Waals surface area (Å²) in [6.07, 6.45) is -18.4. The molecule has 87 heavy (non-hydrogen) atoms. The molecule has 2 heterocycles. The van der Waals surface area contributed by atoms with Gasteiger partial charge in [0.25, 0.3) is 0 Å². The summed E-state index contributed by atoms with van der Waals surface area (Å²) in [4.78, 5) is 89.3. The number of likely N-dealkylation sites (N-methyl/N-ethyl adjacent to an activating group) is 1. The van der Waals surface area contributed by atoms with Gasteiger partial charge >= 0.3 is 12.1 Å². The summed E-state index contributed by atoms with van der Waals surface area (Å²) in [7, 11) is 1.45. The number of carbonyl (C=O) groups is 6. The van der Waals surface area contributed by atoms with Crippen LogP contribution in [0.5, 0.6) is 5.75 Å². The van der Waals surface area contributed by atoms with Gasteiger partial charge in [-0.05, 0) is 63.2 Å². The number of phenols is 1. The highest BCUT2D eigenvalue weighted by molar-refractivity contribution is 6.25. The number of hydrogen-bond acceptors (Lipinski definition) is 25. The molecule has 0 bridgehead atoms. The first-order valence-electron chi connectivity index (χ1n) is 27.6. The van der Waals surface area contributed by atoms with E-state index < -0.39 is 192 Å². The number of nitrogens with zero attached hydrogens (tertiary/aromatic N) is 3. The number of Topliss-reactive ketones (excluding diaryl/α,β-unsaturated/α-hetero) is 3. The maximum atomic E-state index is 13.8. The van der Waals surface area contributed by atoms with Crippen molar-refractivity contribution in [1.82, 2.24) is 20.9 Å². The van der Waals surface area contributed by atoms with Crippen LogP contribution in [0.4, 0.5) is 21.0 Å². The predicted octanol–water partition coefficient (Wildman–Crippen LogP) is -8.40. The molecule has 6 aliphatic rings. The van der Waals surface area contributed by atoms with E-state index in [1.54, 1.807) is 0 Å². The summed E-state index contributed by atoms with van der Waals surface area (Å²) < 4.78 is 24.1. The van der Waals surface area contributed by atoms with Gasteiger partial charge in [0.1, 0.15) is 77.9 Å². The molecule has 4 fully saturated rings. The highest BCUT2D eigenvalue weighted by Gasteiger charge is 2.65. The SMILES string of the molecule is C[C@@H]1O[C@@H](O[C@@H]2C(O)[C@@H](O)C(N=C(N)N)C(O)[C@@H]2N=C(N)N)C(O[C@@H]2OC(CO)[C@H](O)[C@H](O)C2N(C)CCNC(=O)Nc2cccc(NC(=O)NCCNC3C(=O)C(C(N)=O)C(=O)[C@@]4(O)C=C5C(=O)c6c(O)cccc6[C@@](C)(O)[C@H]5CC34)c2)[C@]1(O)CO. The number of aliphatic hydroxyl groups is 10. The van der Waals surface area contributed by atoms with E-state index in [0.29, 0.717) is 0 Å². The van der Waals surface area contributed by atoms with E-state index in [4.69, 9.17) is 47.6 Å². The third-order valence-corrected chi connectivity index (χ3v) is 17.0. The monoisotopic (exact) mass is 1230 g/mol. The Balaban J connectivity index is 0.869. The fourth-order valence-corrected chi connectivity index (χ4v) is 12.4. The van der Waals surface area contributed by atoms with Crippen LogP contribution in [0.25, 0.3) is 0 Å². The van der Waals surface area contributed by atoms with Crippen molar-refractivity contribution in [2.24, 2.45) is 56.4 Å². The lowest BCUT2D eigenvalue weighted by Crippen LogP contribution is -2.69. The summed E-state index contributed by atoms with van der Waals surface area (Å²) in [5, 5.41) is 136. The molecule has 2 aromatic rings. The number of hydrogen-bond donors (Lipinski definition) is 21. The number of aliphatic hydroxyl groups excluding tert-OH is 7. The lowest BCUT2D eigenvalue weighted by Gasteiger charge is -2.51. The minimum atomic E-state index is -2.59. The molecule has 2 aromatic carbocycles. The number of benzene rings is 2. The van der Waals surface area contributed by atoms with Crippen molar-refractivity contribution in [2.75, 3.05) is 57.1 Å². The fraction of sp³-hybridized carbons (Fsp3) is 0.585. The van der Waals surface area contributed by atoms with Crippen molar-refractivity contribution < 1.29 is 104 Å². The first-order valence-corrected chi connectivity index (χ1v) is 27.6. The Morgan fingerprint density at radius 2 is 1.40 bits per heavy atom. The molecule has 0 radical (unpaired) electrons. The van der Waals surface area contributed by atoms with E-state index in [9.17, 15) is 84.9 Å². The third kappa shape index (κ3) is 12.7. The van der Waals surface area contributed by atoms with Gasteiger partial charge in [-0.1, -0.05) is 18.2 Å². The second kappa shape index (κ2) is 25.9. The average Bonchev–Trinajstić information content (AvgIpc) is 1.22. The van der Waals surface area contributed by atoms with Gasteiger partial charge in [0.2, 0.25) is 5.91 Å². The highest BCUT2D eigenvalue weighted by Crippen LogP contribution is 2.54. The Bertz CT molecular complexity index is 3040. The van der Waals surface area contributed by atoms with E-state index >= 15 is 0 Å². The van der Waals surface area contributed by atoms with Crippen LogP contribution in [0.3, 0.4) is 0 Å². The number of nitrogens with two attached hydrogens (primary N) is 5. The number of primary amides is 1. The zero-order chi connectivity index (χ0) is 63.9. The zero-order valence-electron chi connectivity index (χ0n) is 47.2. The van der Waals surface area contributed by atoms with E-state index in [2.05, 4.69) is 36.6 Å². The van der Waals surface area contributed by atoms with Gasteiger partial charge in [-0.25, -0.2) is 19.6 Å². The number of phenolic OH excluding ortho intramolecular Hbond substituents is 1. The average molecular weight is 1230 g/mol. The maximum Gasteiger partial charge on any atom is 0.319 e. The number of anilines is 2. The quantitative estimate of drug-likeness (QED) is 0.0269. The summed E-state index contributed by atoms with van der Waals surface area (Å²) in [6, 6.07) is 2.53. The van der Waals surface area contributed by atoms with Crippen molar-refractivity contribution in [3.05, 3.63) is 65.2 Å². The number of carbonyl (C=O) groups excluding carboxylic acids is 6. The van der Waals surface area contributed by atoms with Crippen molar-refractivity contribution in [3.8, 4) is 5.75 Å². The van der Waals surface area contributed by atoms with Gasteiger partial charge in [-0.2, -0.15) is 0 Å². The number of aliphatic imine (C=N–C) groups is 2. The summed E-state index contributed by atoms with van der Waals surface area (Å²) in [5.41, 5.74) is 21.0. The van der Waals surface area contributed by atoms with Gasteiger partial charge in [-0.3, -0.25) is 24.1 Å². The second-order valence-corrected chi connectivity index (χ2v) is 22.6. The van der Waals surface area contributed by atoms with Crippen LogP contribution >= 0.6 is 0 Å². The molecule has 0 spiro atoms. The highest BCUT2D eigenvalue weighted by atomic mass is 16.8. The Morgan fingerprint density at radius 3 is 2.01 bits per heavy atom. The molecular weight excluding hydrogens is 1150 g/mol. The van der Waals surface area contributed by atoms with Crippen LogP contribution in [-0.4, -0.2) is 258 Å². The maximum absolute atomic E-state index is 13.8. The lowest BCUT2D eigenvalue weighted by atomic mass is 9.54. The standard InChI is InChI=1S/C53H75N13O21/c1-19-53(83,18-68)43(46(84-19)86-41-32(65-48(57)58)37(73)31(64-47(55)56)38(74)40(41)76)87-45-33(39(75)35(71)27(17-67)85-45)66(3)13-12-61-50(80)63-21-7-4-6-20(14-21)62-49(79)60-11-10-59-30-25-15-24-22(16-52(25,82)42(77)29(36(30)72)44(54)78)34(70)28-23(51(24,2)81)8-5-9-26(28)69/h4-9,14,16,19,24-25,27,29-33,35,37-41,43,45-46,59,67-69,71,73-76,81-83H,10-13,15,17-18H2,1-3H3,(H2,54,78)(H4,55,56,64)(H4,57,58,65)(H2,60,62,79)(H2,61,63,80)/t19-,24-,25?,27?,29?,30?,31?,32-,33?,35-,37?,38-,39+,40?,41-,43?,45-,46-,51+,52+,53-/m0/s1. The molecular formula is C53H75N13O21. The smallest absolute Gasteiger partial charge is 0.319 e. The molecule has 0 aromatic heterocycles. The van der Waals surface area contributed by atoms with E-state index in [0.717, 1.165) is 6.08 Å². The Morgan fingerprint density at radius 1 is 0.782 bits per heavy atom. The van der Waals surface area contributed by atoms with Crippen molar-refractivity contribution in [3.63, 3.8) is 0 Å². The van der Waals surface area contributed by atoms with Crippen LogP contribution < -0.4 is 55.3 Å². The van der Waals surface area contributed by atoms with Crippen LogP contribution in [0, 0.1) is 17.8 Å². The molecule has 8 rings (SSSR count). The number of amides is 5. The lowest BCUT2D eigenvalue weighted by molar-refractivity contribution is -0.327. The number of ether oxygens (including phenoxy) is 4. The molecule has 9 unspecified atom stereocenters. The molecule has 34 heteroatoms. The largest absolute Gasteiger partial charge is 0.507 e. The summed E-state index contributed by atoms with van der Waals surface area (Å²) >= 11 is 0. The summed E-state index contributed by atoms with van der Waals surface area (Å²) in [5.74, 6) is -10.4. The molecule has 4 aliphatic carbocycles. The second-order valence-electron chi connectivity index (χ2n) is 22.6. The molecule has 34 nitrogen and oxygen atoms in total. The zero-order valence-corrected chi connectivity index (χ0v) is 47.2. The minimum Gasteiger partial charge on any atom is -0.507 e. The Hall–Kier alpha value is -7.10. The van der Waals surface area contributed by atoms with Gasteiger partial charge in [0.15, 0.2) is 47.8 Å². The minimum absolute atomic E-state index is 0.0952. The fourth-order valence-electron chi connectivity index (χ4n) is 12.4. The van der Waals surface area contributed by atoms with Crippen LogP contribution in [-0.2, 0) is 38.9 Å². The molecule has 21 atom stereocenters. The normalized spacial score (nSPS) is 37.2. The Kier molecular flexibility index (Phi) is 19.6. The molecule has 2 saturated carbocycles. The molecule has 2 aliphatic heterocycles. The van der Waals surface area contributed by atoms with Crippen molar-refractivity contribution in [2.45, 2.75) is 129 Å². The van der Waals surface area contributed by atoms with Crippen molar-refractivity contribution in [1.29, 1.82) is 0 Å². The van der Waals surface area contributed by atoms with E-state index in [1.807, 2.05) is 0 Å². The third-order valence-electron chi connectivity index (χ3n) is 17.0. The molecule has 26 N–H and O–H groups in total. The van der Waals surface area contributed by atoms with E-state index in [-0.39, 0.29) is 60.7 Å². The number of urea groups is 2. The van der Waals surface area contributed by atoms with Gasteiger partial charge in [0.05, 0.1) is 42.6 Å². The van der Waals surface area contributed by atoms with E-state index in [1.165, 1.54) is 68.3 Å². The number of guanidine groups is 2. The van der Waals surface area contributed by atoms with Crippen LogP contribution in [0.2, 0.25) is 0 Å². The number of rotatable bonds is 19. The Labute approximate surface area is 495 Å². The van der Waals surface area contributed by atoms with Gasteiger partial charge < -0.3 is 130 Å². The van der Waals surface area contributed by atoms with Crippen LogP contribution in [0.15, 0.2) is 64.1 Å². The topological polar surface area (TPSA) is 580 Å². The molecule has 2 saturated heterocycles. The first kappa shape index (κ1) is 65.9. The predicted molar refractivity (Wildman–Crippen MR) is 299 cm³/mol. The van der Waals surface area contributed by atoms with Crippen molar-refractivity contribution >= 4 is 58.6 Å². The molecule has 5 amide bonds. The van der Waals surface area contributed by atoms with Gasteiger partial charge in [-0.15, -0.1) is 0 Å². The van der Waals surface area contributed by atoms with Crippen LogP contribution in [0.1, 0.15) is 36.2 Å². The first-order chi connectivity index (χ1) is 40.9. The number of ketones is 3. The number of aromatic hydroxyl groups is 1. The molecule has 478 valence electrons. The summed E-state index contributed by atoms with van der Waals surface area (Å²) in [6.45, 7) is 0.198.